The molecule has 1 atom stereocenters. The minimum absolute atomic E-state index is 0.0375. The number of ether oxygens (including phenoxy) is 2. The van der Waals surface area contributed by atoms with Crippen LogP contribution in [0.15, 0.2) is 29.5 Å². The summed E-state index contributed by atoms with van der Waals surface area (Å²) in [4.78, 5) is 25.1. The zero-order chi connectivity index (χ0) is 18.9. The van der Waals surface area contributed by atoms with Gasteiger partial charge in [0.2, 0.25) is 5.91 Å². The van der Waals surface area contributed by atoms with E-state index >= 15 is 0 Å². The maximum absolute atomic E-state index is 12.8. The van der Waals surface area contributed by atoms with Crippen molar-refractivity contribution in [2.45, 2.75) is 52.4 Å². The molecule has 3 rings (SSSR count). The van der Waals surface area contributed by atoms with Gasteiger partial charge >= 0.3 is 0 Å². The molecule has 0 radical (unpaired) electrons. The standard InChI is InChI=1S/C21H27NO4/c1-5-8-26-17-7-6-13(9-18(17)25-4)14-10-19(24)22-15-11-21(2,3)12-16(23)20(14)15/h6-7,9,14H,5,8,10-12H2,1-4H3,(H,22,24)/t14-/m1/s1. The van der Waals surface area contributed by atoms with Gasteiger partial charge < -0.3 is 14.8 Å². The van der Waals surface area contributed by atoms with Gasteiger partial charge in [-0.3, -0.25) is 9.59 Å². The van der Waals surface area contributed by atoms with E-state index in [-0.39, 0.29) is 29.4 Å². The lowest BCUT2D eigenvalue weighted by atomic mass is 9.70. The van der Waals surface area contributed by atoms with Crippen LogP contribution in [0.2, 0.25) is 0 Å². The second-order valence-corrected chi connectivity index (χ2v) is 7.90. The van der Waals surface area contributed by atoms with Crippen LogP contribution in [0.3, 0.4) is 0 Å². The minimum atomic E-state index is -0.225. The van der Waals surface area contributed by atoms with E-state index in [1.54, 1.807) is 7.11 Å². The molecule has 26 heavy (non-hydrogen) atoms. The molecule has 1 aliphatic carbocycles. The quantitative estimate of drug-likeness (QED) is 0.872. The van der Waals surface area contributed by atoms with E-state index < -0.39 is 0 Å². The highest BCUT2D eigenvalue weighted by atomic mass is 16.5. The smallest absolute Gasteiger partial charge is 0.225 e. The molecule has 1 aromatic rings. The molecule has 0 fully saturated rings. The van der Waals surface area contributed by atoms with Gasteiger partial charge in [-0.2, -0.15) is 0 Å². The normalized spacial score (nSPS) is 21.9. The number of Topliss-reactive ketones (excluding diaryl/α,β-unsaturated/α-hetero) is 1. The van der Waals surface area contributed by atoms with Gasteiger partial charge in [-0.25, -0.2) is 0 Å². The van der Waals surface area contributed by atoms with Gasteiger partial charge in [0.15, 0.2) is 17.3 Å². The Balaban J connectivity index is 1.99. The molecule has 0 bridgehead atoms. The number of nitrogens with one attached hydrogen (secondary N) is 1. The molecule has 1 aromatic carbocycles. The van der Waals surface area contributed by atoms with Crippen molar-refractivity contribution in [3.05, 3.63) is 35.0 Å². The van der Waals surface area contributed by atoms with Crippen LogP contribution in [-0.4, -0.2) is 25.4 Å². The Morgan fingerprint density at radius 3 is 2.65 bits per heavy atom. The van der Waals surface area contributed by atoms with Crippen molar-refractivity contribution in [1.29, 1.82) is 0 Å². The minimum Gasteiger partial charge on any atom is -0.493 e. The lowest BCUT2D eigenvalue weighted by molar-refractivity contribution is -0.122. The summed E-state index contributed by atoms with van der Waals surface area (Å²) in [5, 5.41) is 2.94. The molecule has 1 N–H and O–H groups in total. The lowest BCUT2D eigenvalue weighted by Gasteiger charge is -2.37. The second-order valence-electron chi connectivity index (χ2n) is 7.90. The molecule has 140 valence electrons. The molecule has 1 aliphatic heterocycles. The van der Waals surface area contributed by atoms with Crippen LogP contribution in [0.25, 0.3) is 0 Å². The molecule has 0 unspecified atom stereocenters. The van der Waals surface area contributed by atoms with Crippen molar-refractivity contribution in [2.24, 2.45) is 5.41 Å². The van der Waals surface area contributed by atoms with Gasteiger partial charge in [-0.05, 0) is 36.0 Å². The van der Waals surface area contributed by atoms with Crippen LogP contribution in [0.5, 0.6) is 11.5 Å². The first kappa shape index (κ1) is 18.5. The lowest BCUT2D eigenvalue weighted by Crippen LogP contribution is -2.40. The number of amides is 1. The van der Waals surface area contributed by atoms with E-state index in [1.165, 1.54) is 0 Å². The SMILES string of the molecule is CCCOc1ccc([C@H]2CC(=O)NC3=C2C(=O)CC(C)(C)C3)cc1OC. The predicted octanol–water partition coefficient (Wildman–Crippen LogP) is 3.73. The van der Waals surface area contributed by atoms with E-state index in [0.29, 0.717) is 30.9 Å². The van der Waals surface area contributed by atoms with Crippen molar-refractivity contribution < 1.29 is 19.1 Å². The van der Waals surface area contributed by atoms with E-state index in [2.05, 4.69) is 19.2 Å². The maximum Gasteiger partial charge on any atom is 0.225 e. The fourth-order valence-corrected chi connectivity index (χ4v) is 3.87. The Morgan fingerprint density at radius 1 is 1.19 bits per heavy atom. The number of carbonyl (C=O) groups excluding carboxylic acids is 2. The summed E-state index contributed by atoms with van der Waals surface area (Å²) < 4.78 is 11.2. The number of methoxy groups -OCH3 is 1. The zero-order valence-corrected chi connectivity index (χ0v) is 16.0. The van der Waals surface area contributed by atoms with Crippen molar-refractivity contribution in [3.63, 3.8) is 0 Å². The summed E-state index contributed by atoms with van der Waals surface area (Å²) in [6.45, 7) is 6.79. The molecule has 2 aliphatic rings. The molecule has 1 heterocycles. The summed E-state index contributed by atoms with van der Waals surface area (Å²) in [6, 6.07) is 5.70. The van der Waals surface area contributed by atoms with E-state index in [9.17, 15) is 9.59 Å². The van der Waals surface area contributed by atoms with Crippen LogP contribution in [0.1, 0.15) is 57.9 Å². The number of hydrogen-bond acceptors (Lipinski definition) is 4. The third-order valence-electron chi connectivity index (χ3n) is 5.00. The van der Waals surface area contributed by atoms with Crippen LogP contribution >= 0.6 is 0 Å². The maximum atomic E-state index is 12.8. The molecule has 0 saturated heterocycles. The van der Waals surface area contributed by atoms with Crippen LogP contribution in [-0.2, 0) is 9.59 Å². The van der Waals surface area contributed by atoms with E-state index in [4.69, 9.17) is 9.47 Å². The summed E-state index contributed by atoms with van der Waals surface area (Å²) in [5.74, 6) is 1.18. The average molecular weight is 357 g/mol. The monoisotopic (exact) mass is 357 g/mol. The summed E-state index contributed by atoms with van der Waals surface area (Å²) >= 11 is 0. The van der Waals surface area contributed by atoms with Crippen molar-refractivity contribution in [2.75, 3.05) is 13.7 Å². The van der Waals surface area contributed by atoms with Crippen LogP contribution in [0.4, 0.5) is 0 Å². The molecular formula is C21H27NO4. The topological polar surface area (TPSA) is 64.6 Å². The Bertz CT molecular complexity index is 763. The molecule has 5 nitrogen and oxygen atoms in total. The highest BCUT2D eigenvalue weighted by Gasteiger charge is 2.40. The van der Waals surface area contributed by atoms with Crippen LogP contribution in [0, 0.1) is 5.41 Å². The number of hydrogen-bond donors (Lipinski definition) is 1. The number of ketones is 1. The van der Waals surface area contributed by atoms with Gasteiger partial charge in [0.05, 0.1) is 13.7 Å². The first-order valence-electron chi connectivity index (χ1n) is 9.21. The van der Waals surface area contributed by atoms with Crippen LogP contribution < -0.4 is 14.8 Å². The third kappa shape index (κ3) is 3.62. The Hall–Kier alpha value is -2.30. The van der Waals surface area contributed by atoms with Crippen molar-refractivity contribution in [3.8, 4) is 11.5 Å². The number of allylic oxidation sites excluding steroid dienone is 2. The predicted molar refractivity (Wildman–Crippen MR) is 99.3 cm³/mol. The molecule has 0 saturated carbocycles. The van der Waals surface area contributed by atoms with Gasteiger partial charge in [-0.1, -0.05) is 26.8 Å². The summed E-state index contributed by atoms with van der Waals surface area (Å²) in [5.41, 5.74) is 2.34. The van der Waals surface area contributed by atoms with E-state index in [0.717, 1.165) is 23.3 Å². The number of rotatable bonds is 5. The Morgan fingerprint density at radius 2 is 1.96 bits per heavy atom. The number of benzene rings is 1. The van der Waals surface area contributed by atoms with Crippen molar-refractivity contribution in [1.82, 2.24) is 5.32 Å². The molecule has 0 spiro atoms. The molecular weight excluding hydrogens is 330 g/mol. The molecule has 0 aromatic heterocycles. The summed E-state index contributed by atoms with van der Waals surface area (Å²) in [7, 11) is 1.60. The average Bonchev–Trinajstić information content (AvgIpc) is 2.57. The third-order valence-corrected chi connectivity index (χ3v) is 5.00. The largest absolute Gasteiger partial charge is 0.493 e. The highest BCUT2D eigenvalue weighted by Crippen LogP contribution is 2.45. The second kappa shape index (κ2) is 7.14. The first-order chi connectivity index (χ1) is 12.3. The van der Waals surface area contributed by atoms with Gasteiger partial charge in [0.25, 0.3) is 0 Å². The highest BCUT2D eigenvalue weighted by molar-refractivity contribution is 6.02. The van der Waals surface area contributed by atoms with Gasteiger partial charge in [0, 0.05) is 30.0 Å². The molecule has 1 amide bonds. The fourth-order valence-electron chi connectivity index (χ4n) is 3.87. The first-order valence-corrected chi connectivity index (χ1v) is 9.21. The van der Waals surface area contributed by atoms with Gasteiger partial charge in [-0.15, -0.1) is 0 Å². The number of carbonyl (C=O) groups is 2. The zero-order valence-electron chi connectivity index (χ0n) is 16.0. The van der Waals surface area contributed by atoms with E-state index in [1.807, 2.05) is 25.1 Å². The van der Waals surface area contributed by atoms with Crippen molar-refractivity contribution >= 4 is 11.7 Å². The molecule has 5 heteroatoms. The Labute approximate surface area is 154 Å². The van der Waals surface area contributed by atoms with Gasteiger partial charge in [0.1, 0.15) is 0 Å². The Kier molecular flexibility index (Phi) is 5.08. The fraction of sp³-hybridized carbons (Fsp3) is 0.524. The summed E-state index contributed by atoms with van der Waals surface area (Å²) in [6.07, 6.45) is 2.41.